The molecule has 21 heteroatoms. The number of alkyl halides is 2. The Morgan fingerprint density at radius 3 is 1.55 bits per heavy atom. The van der Waals surface area contributed by atoms with Crippen LogP contribution in [0.3, 0.4) is 0 Å². The fourth-order valence-corrected chi connectivity index (χ4v) is 16.0. The summed E-state index contributed by atoms with van der Waals surface area (Å²) < 4.78 is 29.3. The predicted octanol–water partition coefficient (Wildman–Crippen LogP) is 14.4. The number of halogens is 2. The van der Waals surface area contributed by atoms with Crippen molar-refractivity contribution in [1.82, 2.24) is 9.80 Å². The van der Waals surface area contributed by atoms with E-state index in [-0.39, 0.29) is 115 Å². The molecule has 0 saturated heterocycles. The van der Waals surface area contributed by atoms with Crippen LogP contribution in [-0.4, -0.2) is 125 Å². The average Bonchev–Trinajstić information content (AvgIpc) is 1.63. The molecule has 3 N–H and O–H groups in total. The smallest absolute Gasteiger partial charge is 0.416 e. The number of aliphatic hydroxyl groups is 1. The maximum absolute atomic E-state index is 14.2. The normalized spacial score (nSPS) is 18.0. The van der Waals surface area contributed by atoms with Crippen LogP contribution in [0.15, 0.2) is 200 Å². The minimum Gasteiger partial charge on any atom is -0.507 e. The van der Waals surface area contributed by atoms with Gasteiger partial charge in [-0.25, -0.2) is 9.69 Å². The van der Waals surface area contributed by atoms with E-state index in [9.17, 15) is 39.3 Å². The number of phenols is 2. The lowest BCUT2D eigenvalue weighted by atomic mass is 9.93. The zero-order chi connectivity index (χ0) is 72.7. The molecule has 16 rings (SSSR count). The molecule has 6 aliphatic heterocycles. The number of hydrogen-bond acceptors (Lipinski definition) is 14. The van der Waals surface area contributed by atoms with Gasteiger partial charge in [-0.05, 0) is 91.4 Å². The maximum atomic E-state index is 14.2. The van der Waals surface area contributed by atoms with Crippen LogP contribution >= 0.6 is 23.2 Å². The number of aliphatic imine (C=N–C) groups is 1. The van der Waals surface area contributed by atoms with Crippen LogP contribution in [0.2, 0.25) is 0 Å². The second-order valence-electron chi connectivity index (χ2n) is 26.9. The van der Waals surface area contributed by atoms with Crippen molar-refractivity contribution in [2.45, 2.75) is 82.1 Å². The van der Waals surface area contributed by atoms with Crippen LogP contribution in [0.25, 0.3) is 21.5 Å². The second-order valence-corrected chi connectivity index (χ2v) is 27.6. The molecule has 10 aromatic rings. The zero-order valence-electron chi connectivity index (χ0n) is 57.6. The summed E-state index contributed by atoms with van der Waals surface area (Å²) in [6, 6.07) is 55.3. The molecule has 105 heavy (non-hydrogen) atoms. The lowest BCUT2D eigenvalue weighted by Crippen LogP contribution is -2.55. The number of aliphatic hydroxyl groups excluding tert-OH is 1. The van der Waals surface area contributed by atoms with Gasteiger partial charge in [0, 0.05) is 91.0 Å². The number of phenolic OH excluding ortho intramolecular Hbond substituents is 2. The molecule has 0 saturated carbocycles. The molecule has 0 aliphatic carbocycles. The molecule has 0 fully saturated rings. The third-order valence-corrected chi connectivity index (χ3v) is 21.4. The molecule has 0 spiro atoms. The van der Waals surface area contributed by atoms with Gasteiger partial charge in [0.1, 0.15) is 31.3 Å². The SMILES string of the molecule is C=CCOC(=O)N1c2cc(OCc3cccc(CC(=O)N4C[C@@H](CCl)c5c4cc(O)c4ccccc54)c3)c(OC)cc2C(=O)N2Cc3ccccc3C[C@H]2C1O.COc1cc2c(cc1OCc1cccc(CC(=O)N3C[C@@H](CCl)c4c3cc(O)c3ccccc43)c1)N=C[C@@H]1Cc3ccccc3CN1C2=O. The van der Waals surface area contributed by atoms with Crippen molar-refractivity contribution in [3.05, 3.63) is 261 Å². The predicted molar refractivity (Wildman–Crippen MR) is 404 cm³/mol. The van der Waals surface area contributed by atoms with Gasteiger partial charge in [-0.2, -0.15) is 0 Å². The van der Waals surface area contributed by atoms with Gasteiger partial charge in [0.15, 0.2) is 29.2 Å². The van der Waals surface area contributed by atoms with E-state index in [1.165, 1.54) is 30.9 Å². The largest absolute Gasteiger partial charge is 0.507 e. The Morgan fingerprint density at radius 2 is 1.02 bits per heavy atom. The summed E-state index contributed by atoms with van der Waals surface area (Å²) in [5, 5.41) is 36.7. The number of anilines is 3. The number of carbonyl (C=O) groups is 5. The quantitative estimate of drug-likeness (QED) is 0.0606. The first kappa shape index (κ1) is 69.3. The molecule has 0 radical (unpaired) electrons. The highest BCUT2D eigenvalue weighted by molar-refractivity contribution is 6.20. The Hall–Kier alpha value is -11.4. The van der Waals surface area contributed by atoms with E-state index in [2.05, 4.69) is 18.7 Å². The molecule has 19 nitrogen and oxygen atoms in total. The standard InChI is InChI=1S/C44H40ClN3O8.C40H34ClN3O5/c1-3-15-55-44(53)48-34-21-39(38(54-2)19-33(34)42(51)47-23-29-12-5-4-11-28(29)18-36(47)43(48)52)56-25-27-10-8-9-26(16-27)17-40(50)46-24-30(22-45)41-32-14-7-6-13-31(32)37(49)20-35(41)46;1-48-36-16-32-33(42-20-29-15-26-9-2-3-10-27(26)21-43(29)40(32)47)17-37(36)49-23-25-8-6-7-24(13-25)14-38(46)44-22-28(19-41)39-31-12-5-4-11-30(31)35(45)18-34(39)44/h3-14,16,19-21,30,36,43,49,52H,1,15,17-18,22-25H2,2H3;2-13,16-18,20,28-29,45H,14-15,19,21-23H2,1H3/t30-,36+,43?;28-,29+/m11/s1. The van der Waals surface area contributed by atoms with Gasteiger partial charge in [0.2, 0.25) is 11.8 Å². The number of carbonyl (C=O) groups excluding carboxylic acids is 5. The van der Waals surface area contributed by atoms with E-state index < -0.39 is 18.4 Å². The van der Waals surface area contributed by atoms with Crippen molar-refractivity contribution >= 4 is 103 Å². The molecule has 0 aromatic heterocycles. The van der Waals surface area contributed by atoms with E-state index in [4.69, 9.17) is 51.9 Å². The Kier molecular flexibility index (Phi) is 19.4. The summed E-state index contributed by atoms with van der Waals surface area (Å²) in [5.41, 5.74) is 12.2. The monoisotopic (exact) mass is 1440 g/mol. The summed E-state index contributed by atoms with van der Waals surface area (Å²) in [7, 11) is 3.01. The number of amides is 5. The van der Waals surface area contributed by atoms with Crippen LogP contribution in [0.5, 0.6) is 34.5 Å². The molecule has 5 atom stereocenters. The van der Waals surface area contributed by atoms with Crippen molar-refractivity contribution in [2.24, 2.45) is 4.99 Å². The van der Waals surface area contributed by atoms with Crippen LogP contribution < -0.4 is 33.6 Å². The molecular weight excluding hydrogens is 1370 g/mol. The molecular formula is C84H74Cl2N6O13. The zero-order valence-corrected chi connectivity index (χ0v) is 59.1. The number of ether oxygens (including phenoxy) is 5. The summed E-state index contributed by atoms with van der Waals surface area (Å²) in [6.07, 6.45) is 2.32. The lowest BCUT2D eigenvalue weighted by Gasteiger charge is -2.39. The van der Waals surface area contributed by atoms with Crippen LogP contribution in [-0.2, 0) is 66.3 Å². The number of aromatic hydroxyl groups is 2. The van der Waals surface area contributed by atoms with Crippen molar-refractivity contribution < 1.29 is 63.0 Å². The van der Waals surface area contributed by atoms with Gasteiger partial charge in [-0.3, -0.25) is 24.2 Å². The van der Waals surface area contributed by atoms with Crippen molar-refractivity contribution in [1.29, 1.82) is 0 Å². The van der Waals surface area contributed by atoms with Crippen molar-refractivity contribution in [3.8, 4) is 34.5 Å². The van der Waals surface area contributed by atoms with Crippen LogP contribution in [0.4, 0.5) is 27.5 Å². The molecule has 6 aliphatic rings. The molecule has 5 amide bonds. The first-order valence-electron chi connectivity index (χ1n) is 34.7. The Labute approximate surface area is 616 Å². The summed E-state index contributed by atoms with van der Waals surface area (Å²) in [5.74, 6) is 1.59. The lowest BCUT2D eigenvalue weighted by molar-refractivity contribution is -0.118. The Balaban J connectivity index is 0.000000170. The third-order valence-electron chi connectivity index (χ3n) is 20.6. The minimum atomic E-state index is -1.44. The highest BCUT2D eigenvalue weighted by atomic mass is 35.5. The maximum Gasteiger partial charge on any atom is 0.416 e. The second kappa shape index (κ2) is 29.4. The van der Waals surface area contributed by atoms with Gasteiger partial charge >= 0.3 is 6.09 Å². The first-order chi connectivity index (χ1) is 51.1. The fourth-order valence-electron chi connectivity index (χ4n) is 15.5. The third kappa shape index (κ3) is 13.2. The number of methoxy groups -OCH3 is 2. The summed E-state index contributed by atoms with van der Waals surface area (Å²) in [6.45, 7) is 5.46. The van der Waals surface area contributed by atoms with E-state index in [1.807, 2.05) is 145 Å². The fraction of sp³-hybridized carbons (Fsp3) is 0.238. The first-order valence-corrected chi connectivity index (χ1v) is 35.8. The minimum absolute atomic E-state index is 0.0288. The van der Waals surface area contributed by atoms with Crippen LogP contribution in [0.1, 0.15) is 88.2 Å². The van der Waals surface area contributed by atoms with Gasteiger partial charge in [-0.1, -0.05) is 158 Å². The van der Waals surface area contributed by atoms with E-state index in [0.29, 0.717) is 71.9 Å². The highest BCUT2D eigenvalue weighted by Gasteiger charge is 2.46. The van der Waals surface area contributed by atoms with Crippen molar-refractivity contribution in [3.63, 3.8) is 0 Å². The Bertz CT molecular complexity index is 5180. The van der Waals surface area contributed by atoms with Gasteiger partial charge in [0.25, 0.3) is 11.8 Å². The van der Waals surface area contributed by atoms with Gasteiger partial charge < -0.3 is 58.6 Å². The van der Waals surface area contributed by atoms with Crippen molar-refractivity contribution in [2.75, 3.05) is 60.4 Å². The number of hydrogen-bond donors (Lipinski definition) is 3. The Morgan fingerprint density at radius 1 is 0.543 bits per heavy atom. The molecule has 532 valence electrons. The molecule has 6 heterocycles. The van der Waals surface area contributed by atoms with E-state index in [0.717, 1.165) is 82.9 Å². The van der Waals surface area contributed by atoms with Crippen LogP contribution in [0, 0.1) is 0 Å². The molecule has 0 bridgehead atoms. The van der Waals surface area contributed by atoms with Gasteiger partial charge in [0.05, 0.1) is 73.0 Å². The number of fused-ring (bicyclic) bond motifs is 12. The number of benzene rings is 10. The molecule has 1 unspecified atom stereocenters. The summed E-state index contributed by atoms with van der Waals surface area (Å²) >= 11 is 12.8. The topological polar surface area (TPSA) is 221 Å². The number of nitrogens with zero attached hydrogens (tertiary/aromatic N) is 6. The molecule has 10 aromatic carbocycles. The van der Waals surface area contributed by atoms with Gasteiger partial charge in [-0.15, -0.1) is 23.2 Å². The van der Waals surface area contributed by atoms with E-state index in [1.54, 1.807) is 46.1 Å². The highest BCUT2D eigenvalue weighted by Crippen LogP contribution is 2.49. The van der Waals surface area contributed by atoms with E-state index >= 15 is 0 Å². The number of rotatable bonds is 16. The average molecular weight is 1450 g/mol. The summed E-state index contributed by atoms with van der Waals surface area (Å²) in [4.78, 5) is 81.9.